The lowest BCUT2D eigenvalue weighted by atomic mass is 10.1. The van der Waals surface area contributed by atoms with E-state index in [1.165, 1.54) is 11.6 Å². The quantitative estimate of drug-likeness (QED) is 0.647. The van der Waals surface area contributed by atoms with Gasteiger partial charge in [0.1, 0.15) is 0 Å². The summed E-state index contributed by atoms with van der Waals surface area (Å²) < 4.78 is 0. The van der Waals surface area contributed by atoms with Crippen LogP contribution in [0.15, 0.2) is 36.0 Å². The largest absolute Gasteiger partial charge is 0.0916 e. The molecular weight excluding hydrogens is 236 g/mol. The van der Waals surface area contributed by atoms with E-state index in [-0.39, 0.29) is 0 Å². The third kappa shape index (κ3) is 6.03. The second-order valence-electron chi connectivity index (χ2n) is 7.14. The Bertz CT molecular complexity index is 378. The molecule has 94 valence electrons. The third-order valence-electron chi connectivity index (χ3n) is 2.47. The summed E-state index contributed by atoms with van der Waals surface area (Å²) in [5.41, 5.74) is 5.60. The number of hydrogen-bond donors (Lipinski definition) is 0. The average molecular weight is 263 g/mol. The van der Waals surface area contributed by atoms with E-state index in [1.807, 2.05) is 0 Å². The molecule has 1 aromatic carbocycles. The summed E-state index contributed by atoms with van der Waals surface area (Å²) in [5, 5.41) is 0. The molecule has 0 saturated carbocycles. The zero-order valence-corrected chi connectivity index (χ0v) is 14.2. The van der Waals surface area contributed by atoms with Crippen molar-refractivity contribution in [1.29, 1.82) is 0 Å². The van der Waals surface area contributed by atoms with Crippen molar-refractivity contribution in [1.82, 2.24) is 0 Å². The van der Waals surface area contributed by atoms with Crippen LogP contribution in [0.5, 0.6) is 0 Å². The van der Waals surface area contributed by atoms with Crippen LogP contribution in [0.1, 0.15) is 5.56 Å². The van der Waals surface area contributed by atoms with Crippen molar-refractivity contribution in [2.24, 2.45) is 0 Å². The van der Waals surface area contributed by atoms with Gasteiger partial charge in [-0.1, -0.05) is 80.9 Å². The van der Waals surface area contributed by atoms with Crippen molar-refractivity contribution < 1.29 is 0 Å². The van der Waals surface area contributed by atoms with Crippen LogP contribution < -0.4 is 0 Å². The molecule has 0 aliphatic heterocycles. The van der Waals surface area contributed by atoms with E-state index in [4.69, 9.17) is 0 Å². The van der Waals surface area contributed by atoms with Crippen molar-refractivity contribution >= 4 is 21.7 Å². The molecule has 0 spiro atoms. The van der Waals surface area contributed by atoms with Crippen LogP contribution in [-0.4, -0.2) is 16.1 Å². The second-order valence-corrected chi connectivity index (χ2v) is 17.6. The summed E-state index contributed by atoms with van der Waals surface area (Å²) in [6, 6.07) is 12.2. The molecule has 0 aromatic heterocycles. The van der Waals surface area contributed by atoms with Gasteiger partial charge >= 0.3 is 0 Å². The van der Waals surface area contributed by atoms with Gasteiger partial charge in [0.15, 0.2) is 0 Å². The Labute approximate surface area is 109 Å². The van der Waals surface area contributed by atoms with Crippen molar-refractivity contribution in [3.05, 3.63) is 41.6 Å². The number of allylic oxidation sites excluding steroid dienone is 1. The van der Waals surface area contributed by atoms with Crippen LogP contribution in [0.4, 0.5) is 0 Å². The minimum atomic E-state index is -1.14. The number of hydrogen-bond acceptors (Lipinski definition) is 0. The first-order chi connectivity index (χ1) is 7.67. The second kappa shape index (κ2) is 5.36. The SMILES string of the molecule is C[Si](C)(C)/C=C(\C[Si](C)(C)C)c1ccccc1. The lowest BCUT2D eigenvalue weighted by Crippen LogP contribution is -2.22. The minimum absolute atomic E-state index is 1.05. The standard InChI is InChI=1S/C15H26Si2/c1-16(2,3)12-15(13-17(4,5)6)14-10-8-7-9-11-14/h7-12H,13H2,1-6H3/b15-12+. The molecule has 0 nitrogen and oxygen atoms in total. The van der Waals surface area contributed by atoms with Gasteiger partial charge in [-0.05, 0) is 11.6 Å². The molecular formula is C15H26Si2. The minimum Gasteiger partial charge on any atom is -0.0916 e. The summed E-state index contributed by atoms with van der Waals surface area (Å²) in [5.74, 6) is 0. The molecule has 0 bridgehead atoms. The Kier molecular flexibility index (Phi) is 4.56. The molecule has 0 unspecified atom stereocenters. The molecule has 2 heteroatoms. The highest BCUT2D eigenvalue weighted by atomic mass is 28.3. The fourth-order valence-corrected chi connectivity index (χ4v) is 4.95. The molecule has 1 aromatic rings. The summed E-state index contributed by atoms with van der Waals surface area (Å²) >= 11 is 0. The fraction of sp³-hybridized carbons (Fsp3) is 0.467. The van der Waals surface area contributed by atoms with Gasteiger partial charge in [0.25, 0.3) is 0 Å². The van der Waals surface area contributed by atoms with Crippen LogP contribution in [0.3, 0.4) is 0 Å². The smallest absolute Gasteiger partial charge is 0.0690 e. The fourth-order valence-electron chi connectivity index (χ4n) is 1.98. The molecule has 0 fully saturated rings. The maximum Gasteiger partial charge on any atom is 0.0690 e. The average Bonchev–Trinajstić information content (AvgIpc) is 2.14. The normalized spacial score (nSPS) is 13.9. The zero-order valence-electron chi connectivity index (χ0n) is 12.2. The lowest BCUT2D eigenvalue weighted by Gasteiger charge is -2.22. The summed E-state index contributed by atoms with van der Waals surface area (Å²) in [6.45, 7) is 14.6. The Morgan fingerprint density at radius 2 is 1.47 bits per heavy atom. The van der Waals surface area contributed by atoms with Gasteiger partial charge in [-0.2, -0.15) is 0 Å². The van der Waals surface area contributed by atoms with Gasteiger partial charge < -0.3 is 0 Å². The summed E-state index contributed by atoms with van der Waals surface area (Å²) in [4.78, 5) is 0. The molecule has 0 radical (unpaired) electrons. The first-order valence-corrected chi connectivity index (χ1v) is 13.7. The monoisotopic (exact) mass is 262 g/mol. The predicted molar refractivity (Wildman–Crippen MR) is 85.9 cm³/mol. The van der Waals surface area contributed by atoms with Crippen LogP contribution >= 0.6 is 0 Å². The molecule has 0 atom stereocenters. The zero-order chi connectivity index (χ0) is 13.1. The first kappa shape index (κ1) is 14.5. The molecule has 0 amide bonds. The van der Waals surface area contributed by atoms with Crippen LogP contribution in [0, 0.1) is 0 Å². The van der Waals surface area contributed by atoms with Gasteiger partial charge in [-0.25, -0.2) is 0 Å². The summed E-state index contributed by atoms with van der Waals surface area (Å²) in [7, 11) is -2.19. The van der Waals surface area contributed by atoms with Crippen molar-refractivity contribution in [3.8, 4) is 0 Å². The molecule has 0 saturated heterocycles. The van der Waals surface area contributed by atoms with Gasteiger partial charge in [0, 0.05) is 8.07 Å². The van der Waals surface area contributed by atoms with Gasteiger partial charge in [0.05, 0.1) is 8.07 Å². The topological polar surface area (TPSA) is 0 Å². The van der Waals surface area contributed by atoms with E-state index in [0.717, 1.165) is 0 Å². The first-order valence-electron chi connectivity index (χ1n) is 6.45. The molecule has 0 aliphatic rings. The van der Waals surface area contributed by atoms with E-state index < -0.39 is 16.1 Å². The van der Waals surface area contributed by atoms with Gasteiger partial charge in [-0.15, -0.1) is 0 Å². The molecule has 17 heavy (non-hydrogen) atoms. The maximum absolute atomic E-state index is 2.58. The Morgan fingerprint density at radius 1 is 0.941 bits per heavy atom. The molecule has 0 N–H and O–H groups in total. The van der Waals surface area contributed by atoms with Crippen molar-refractivity contribution in [3.63, 3.8) is 0 Å². The van der Waals surface area contributed by atoms with Gasteiger partial charge in [-0.3, -0.25) is 0 Å². The Balaban J connectivity index is 3.09. The Hall–Kier alpha value is -0.606. The Morgan fingerprint density at radius 3 is 1.88 bits per heavy atom. The van der Waals surface area contributed by atoms with E-state index in [0.29, 0.717) is 0 Å². The highest BCUT2D eigenvalue weighted by Gasteiger charge is 2.19. The van der Waals surface area contributed by atoms with E-state index >= 15 is 0 Å². The molecule has 1 rings (SSSR count). The third-order valence-corrected chi connectivity index (χ3v) is 5.13. The maximum atomic E-state index is 2.58. The highest BCUT2D eigenvalue weighted by molar-refractivity contribution is 6.83. The molecule has 0 heterocycles. The van der Waals surface area contributed by atoms with E-state index in [1.54, 1.807) is 5.57 Å². The van der Waals surface area contributed by atoms with Crippen LogP contribution in [0.2, 0.25) is 45.3 Å². The van der Waals surface area contributed by atoms with E-state index in [9.17, 15) is 0 Å². The lowest BCUT2D eigenvalue weighted by molar-refractivity contribution is 1.48. The van der Waals surface area contributed by atoms with Crippen molar-refractivity contribution in [2.45, 2.75) is 45.3 Å². The van der Waals surface area contributed by atoms with Crippen LogP contribution in [0.25, 0.3) is 5.57 Å². The molecule has 0 aliphatic carbocycles. The predicted octanol–water partition coefficient (Wildman–Crippen LogP) is 5.29. The summed E-state index contributed by atoms with van der Waals surface area (Å²) in [6.07, 6.45) is 0. The highest BCUT2D eigenvalue weighted by Crippen LogP contribution is 2.27. The van der Waals surface area contributed by atoms with Crippen LogP contribution in [-0.2, 0) is 0 Å². The van der Waals surface area contributed by atoms with Crippen molar-refractivity contribution in [2.75, 3.05) is 0 Å². The number of rotatable bonds is 4. The van der Waals surface area contributed by atoms with Gasteiger partial charge in [0.2, 0.25) is 0 Å². The van der Waals surface area contributed by atoms with E-state index in [2.05, 4.69) is 75.3 Å². The number of benzene rings is 1.